The Bertz CT molecular complexity index is 241. The number of rotatable bonds is 0. The van der Waals surface area contributed by atoms with Gasteiger partial charge in [0.25, 0.3) is 0 Å². The molecule has 0 aromatic carbocycles. The predicted molar refractivity (Wildman–Crippen MR) is 114 cm³/mol. The van der Waals surface area contributed by atoms with Crippen molar-refractivity contribution in [3.8, 4) is 19.7 Å². The Morgan fingerprint density at radius 1 is 0.727 bits per heavy atom. The van der Waals surface area contributed by atoms with Crippen LogP contribution < -0.4 is 21.7 Å². The fourth-order valence-electron chi connectivity index (χ4n) is 0. The fraction of sp³-hybridized carbons (Fsp3) is 0.571. The van der Waals surface area contributed by atoms with Gasteiger partial charge in [0.1, 0.15) is 12.2 Å². The van der Waals surface area contributed by atoms with Crippen LogP contribution in [0.2, 0.25) is 0 Å². The average molecular weight is 548 g/mol. The average Bonchev–Trinajstić information content (AvgIpc) is 2.16. The van der Waals surface area contributed by atoms with E-state index in [0.29, 0.717) is 0 Å². The molecule has 0 aliphatic heterocycles. The van der Waals surface area contributed by atoms with Gasteiger partial charge in [0.15, 0.2) is 0 Å². The van der Waals surface area contributed by atoms with Crippen LogP contribution in [0.15, 0.2) is 0 Å². The van der Waals surface area contributed by atoms with E-state index in [0.717, 1.165) is 0 Å². The van der Waals surface area contributed by atoms with Gasteiger partial charge in [-0.05, 0) is 21.7 Å². The minimum atomic E-state index is -1.58. The molecule has 0 bridgehead atoms. The van der Waals surface area contributed by atoms with Crippen molar-refractivity contribution >= 4 is 57.4 Å². The van der Waals surface area contributed by atoms with Crippen LogP contribution in [0.4, 0.5) is 9.59 Å². The number of hydrogen-bond donors (Lipinski definition) is 2. The van der Waals surface area contributed by atoms with Gasteiger partial charge in [-0.1, -0.05) is 56.4 Å². The molecule has 0 aliphatic rings. The van der Waals surface area contributed by atoms with Crippen LogP contribution in [-0.4, -0.2) is 12.2 Å². The summed E-state index contributed by atoms with van der Waals surface area (Å²) in [5.74, 6) is 5.33. The fourth-order valence-corrected chi connectivity index (χ4v) is 0. The van der Waals surface area contributed by atoms with Crippen LogP contribution in [0.5, 0.6) is 0 Å². The number of hydrogen-bond acceptors (Lipinski definition) is 4. The Labute approximate surface area is 166 Å². The second-order valence-corrected chi connectivity index (χ2v) is 2.41. The largest absolute Gasteiger partial charge is 0.530 e. The molecule has 6 nitrogen and oxygen atoms in total. The first kappa shape index (κ1) is 69.1. The van der Waals surface area contributed by atoms with Crippen molar-refractivity contribution < 1.29 is 19.8 Å². The van der Waals surface area contributed by atoms with Gasteiger partial charge in [0, 0.05) is 45.2 Å². The molecule has 0 aliphatic carbocycles. The third-order valence-corrected chi connectivity index (χ3v) is 1.27. The van der Waals surface area contributed by atoms with Crippen molar-refractivity contribution in [2.45, 2.75) is 58.4 Å². The summed E-state index contributed by atoms with van der Waals surface area (Å²) in [5.41, 5.74) is 7.83. The van der Waals surface area contributed by atoms with E-state index in [-0.39, 0.29) is 44.6 Å². The summed E-state index contributed by atoms with van der Waals surface area (Å²) in [6.07, 6.45) is -3.17. The van der Waals surface area contributed by atoms with Gasteiger partial charge < -0.3 is 31.3 Å². The second-order valence-electron chi connectivity index (χ2n) is 1.33. The number of carbonyl (C=O) groups is 2. The number of halogens is 2. The zero-order valence-electron chi connectivity index (χ0n) is 8.54. The van der Waals surface area contributed by atoms with E-state index in [9.17, 15) is 0 Å². The maximum absolute atomic E-state index is 8.67. The molecule has 0 radical (unpaired) electrons. The summed E-state index contributed by atoms with van der Waals surface area (Å²) < 4.78 is 5.30. The molecule has 0 spiro atoms. The van der Waals surface area contributed by atoms with Crippen molar-refractivity contribution in [1.29, 1.82) is 0 Å². The lowest BCUT2D eigenvalue weighted by Gasteiger charge is -1.78. The quantitative estimate of drug-likeness (QED) is 0.356. The Balaban J connectivity index is -0.00000001000. The van der Waals surface area contributed by atoms with Crippen LogP contribution in [0, 0.1) is 19.7 Å². The smallest absolute Gasteiger partial charge is 0.131 e. The van der Waals surface area contributed by atoms with Gasteiger partial charge in [-0.2, -0.15) is 0 Å². The first-order valence-electron chi connectivity index (χ1n) is 3.27. The van der Waals surface area contributed by atoms with Gasteiger partial charge >= 0.3 is 0 Å². The summed E-state index contributed by atoms with van der Waals surface area (Å²) >= 11 is 3.98. The minimum Gasteiger partial charge on any atom is -0.530 e. The molecule has 0 aromatic heterocycles. The summed E-state index contributed by atoms with van der Waals surface area (Å²) in [4.78, 5) is 17.3. The molecule has 0 saturated carbocycles. The number of primary amides is 2. The molecule has 2 amide bonds. The highest BCUT2D eigenvalue weighted by Crippen LogP contribution is 1.65. The topological polar surface area (TPSA) is 132 Å². The van der Waals surface area contributed by atoms with Gasteiger partial charge in [-0.3, -0.25) is 0 Å². The minimum absolute atomic E-state index is 0. The summed E-state index contributed by atoms with van der Waals surface area (Å²) in [5, 5.41) is 17.3. The lowest BCUT2D eigenvalue weighted by atomic mass is 10.9. The molecule has 22 heavy (non-hydrogen) atoms. The van der Waals surface area contributed by atoms with Crippen LogP contribution in [0.3, 0.4) is 0 Å². The molecule has 0 atom stereocenters. The summed E-state index contributed by atoms with van der Waals surface area (Å²) in [6, 6.07) is 0. The Kier molecular flexibility index (Phi) is 278. The van der Waals surface area contributed by atoms with E-state index in [1.807, 2.05) is 59.0 Å². The van der Waals surface area contributed by atoms with Gasteiger partial charge in [0.05, 0.1) is 0 Å². The van der Waals surface area contributed by atoms with E-state index < -0.39 is 12.2 Å². The molecule has 0 unspecified atom stereocenters. The van der Waals surface area contributed by atoms with Crippen LogP contribution >= 0.6 is 45.2 Å². The standard InChI is InChI=1S/2C3H3I.2CH3NO2.6CH4/c2*1-2-3-4;2*2-1(3)4;;;;;;/h2*1H3;2*2H2,(H,3,4);6*1H4/p-2. The SMILES string of the molecule is C.C.C.C.C.C.CC#CI.CC#CI.NC(=O)[O-].NC(=O)[O-]. The molecular formula is C14H34I2N2O4-2. The van der Waals surface area contributed by atoms with E-state index in [1.54, 1.807) is 0 Å². The summed E-state index contributed by atoms with van der Waals surface area (Å²) in [6.45, 7) is 3.62. The normalized spacial score (nSPS) is 3.45. The third-order valence-electron chi connectivity index (χ3n) is 0.189. The molecule has 0 fully saturated rings. The number of carbonyl (C=O) groups excluding carboxylic acids is 2. The van der Waals surface area contributed by atoms with Gasteiger partial charge in [0.2, 0.25) is 0 Å². The first-order valence-corrected chi connectivity index (χ1v) is 5.43. The lowest BCUT2D eigenvalue weighted by molar-refractivity contribution is -0.246. The van der Waals surface area contributed by atoms with E-state index in [2.05, 4.69) is 31.2 Å². The Hall–Kier alpha value is -0.880. The highest BCUT2D eigenvalue weighted by atomic mass is 127. The lowest BCUT2D eigenvalue weighted by Crippen LogP contribution is -2.29. The maximum Gasteiger partial charge on any atom is 0.131 e. The maximum atomic E-state index is 8.67. The van der Waals surface area contributed by atoms with E-state index in [1.165, 1.54) is 0 Å². The molecule has 0 saturated heterocycles. The van der Waals surface area contributed by atoms with Crippen LogP contribution in [0.25, 0.3) is 0 Å². The van der Waals surface area contributed by atoms with Crippen molar-refractivity contribution in [3.63, 3.8) is 0 Å². The molecule has 0 rings (SSSR count). The van der Waals surface area contributed by atoms with Crippen molar-refractivity contribution in [2.24, 2.45) is 11.5 Å². The zero-order valence-corrected chi connectivity index (χ0v) is 12.9. The van der Waals surface area contributed by atoms with E-state index >= 15 is 0 Å². The molecule has 0 heterocycles. The van der Waals surface area contributed by atoms with Crippen LogP contribution in [0.1, 0.15) is 58.4 Å². The Morgan fingerprint density at radius 2 is 0.773 bits per heavy atom. The molecule has 140 valence electrons. The molecule has 0 aromatic rings. The number of amides is 2. The number of nitrogens with two attached hydrogens (primary N) is 2. The van der Waals surface area contributed by atoms with Crippen molar-refractivity contribution in [1.82, 2.24) is 0 Å². The predicted octanol–water partition coefficient (Wildman–Crippen LogP) is 3.20. The highest BCUT2D eigenvalue weighted by Gasteiger charge is 1.44. The second kappa shape index (κ2) is 88.4. The number of carboxylic acid groups (broad SMARTS) is 2. The van der Waals surface area contributed by atoms with E-state index in [4.69, 9.17) is 19.8 Å². The van der Waals surface area contributed by atoms with Crippen molar-refractivity contribution in [3.05, 3.63) is 0 Å². The van der Waals surface area contributed by atoms with Crippen LogP contribution in [-0.2, 0) is 0 Å². The third kappa shape index (κ3) is 5000. The summed E-state index contributed by atoms with van der Waals surface area (Å²) in [7, 11) is 0. The van der Waals surface area contributed by atoms with Crippen molar-refractivity contribution in [2.75, 3.05) is 0 Å². The Morgan fingerprint density at radius 3 is 0.773 bits per heavy atom. The molecule has 4 N–H and O–H groups in total. The monoisotopic (exact) mass is 548 g/mol. The van der Waals surface area contributed by atoms with Gasteiger partial charge in [-0.15, -0.1) is 0 Å². The van der Waals surface area contributed by atoms with Gasteiger partial charge in [-0.25, -0.2) is 0 Å². The molecule has 8 heteroatoms. The first-order chi connectivity index (χ1) is 7.29. The zero-order chi connectivity index (χ0) is 14.0. The highest BCUT2D eigenvalue weighted by molar-refractivity contribution is 14.1. The molecular weight excluding hydrogens is 514 g/mol.